The Hall–Kier alpha value is -6.97. The molecule has 0 saturated heterocycles. The quantitative estimate of drug-likeness (QED) is 0.101. The van der Waals surface area contributed by atoms with Crippen molar-refractivity contribution in [2.75, 3.05) is 0 Å². The van der Waals surface area contributed by atoms with Crippen LogP contribution >= 0.6 is 0 Å². The highest BCUT2D eigenvalue weighted by Crippen LogP contribution is 2.42. The first kappa shape index (κ1) is 30.4. The number of fused-ring (bicyclic) bond motifs is 3. The van der Waals surface area contributed by atoms with E-state index in [9.17, 15) is 5.26 Å². The van der Waals surface area contributed by atoms with E-state index >= 15 is 0 Å². The van der Waals surface area contributed by atoms with Crippen molar-refractivity contribution in [1.82, 2.24) is 4.57 Å². The van der Waals surface area contributed by atoms with E-state index in [1.54, 1.807) is 0 Å². The van der Waals surface area contributed by atoms with Crippen LogP contribution in [0.25, 0.3) is 48.3 Å². The summed E-state index contributed by atoms with van der Waals surface area (Å²) in [5.41, 5.74) is 5.65. The fourth-order valence-corrected chi connectivity index (χ4v) is 12.3. The highest BCUT2D eigenvalue weighted by molar-refractivity contribution is 7.19. The smallest absolute Gasteiger partial charge is 0.197 e. The molecule has 0 spiro atoms. The predicted octanol–water partition coefficient (Wildman–Crippen LogP) is 8.80. The maximum absolute atomic E-state index is 10.7. The molecular weight excluding hydrogens is 625 g/mol. The first-order chi connectivity index (χ1) is 24.7. The van der Waals surface area contributed by atoms with Gasteiger partial charge in [0.05, 0.1) is 35.8 Å². The average Bonchev–Trinajstić information content (AvgIpc) is 3.52. The molecule has 0 saturated carbocycles. The standard InChI is InChI=1S/C45H28N4Si/c1-47-33-26-28-43-40(29-33)38-21-12-13-23-42(38)49(43)44-24-14-22-41(48-2)45(44)39-30-37(27-25-32(39)31-46)50(34-15-6-3-7-16-34,35-17-8-4-9-18-35)36-19-10-5-11-20-36/h3-30H. The molecule has 1 heterocycles. The Morgan fingerprint density at radius 2 is 1.12 bits per heavy atom. The summed E-state index contributed by atoms with van der Waals surface area (Å²) in [6, 6.07) is 60.4. The molecule has 4 nitrogen and oxygen atoms in total. The summed E-state index contributed by atoms with van der Waals surface area (Å²) in [5, 5.41) is 17.4. The third-order valence-corrected chi connectivity index (χ3v) is 14.4. The zero-order valence-electron chi connectivity index (χ0n) is 27.0. The lowest BCUT2D eigenvalue weighted by atomic mass is 9.96. The Balaban J connectivity index is 1.50. The lowest BCUT2D eigenvalue weighted by molar-refractivity contribution is 1.18. The second-order valence-corrected chi connectivity index (χ2v) is 16.0. The monoisotopic (exact) mass is 652 g/mol. The van der Waals surface area contributed by atoms with Crippen molar-refractivity contribution in [2.24, 2.45) is 0 Å². The van der Waals surface area contributed by atoms with Gasteiger partial charge in [0.1, 0.15) is 0 Å². The van der Waals surface area contributed by atoms with Crippen molar-refractivity contribution in [3.8, 4) is 22.9 Å². The first-order valence-corrected chi connectivity index (χ1v) is 18.3. The Bertz CT molecular complexity index is 2580. The van der Waals surface area contributed by atoms with Crippen molar-refractivity contribution >= 4 is 62.0 Å². The van der Waals surface area contributed by atoms with Gasteiger partial charge in [-0.15, -0.1) is 0 Å². The molecule has 0 radical (unpaired) electrons. The zero-order valence-corrected chi connectivity index (χ0v) is 28.0. The van der Waals surface area contributed by atoms with Gasteiger partial charge in [0.15, 0.2) is 19.4 Å². The van der Waals surface area contributed by atoms with Crippen LogP contribution < -0.4 is 20.7 Å². The summed E-state index contributed by atoms with van der Waals surface area (Å²) in [4.78, 5) is 7.75. The Labute approximate surface area is 292 Å². The average molecular weight is 653 g/mol. The Morgan fingerprint density at radius 3 is 1.72 bits per heavy atom. The zero-order chi connectivity index (χ0) is 34.1. The number of hydrogen-bond acceptors (Lipinski definition) is 1. The minimum Gasteiger partial charge on any atom is -0.310 e. The molecule has 0 fully saturated rings. The van der Waals surface area contributed by atoms with Gasteiger partial charge < -0.3 is 4.57 Å². The summed E-state index contributed by atoms with van der Waals surface area (Å²) < 4.78 is 2.17. The van der Waals surface area contributed by atoms with Gasteiger partial charge in [0.25, 0.3) is 0 Å². The van der Waals surface area contributed by atoms with E-state index in [-0.39, 0.29) is 0 Å². The van der Waals surface area contributed by atoms with Gasteiger partial charge in [-0.1, -0.05) is 140 Å². The van der Waals surface area contributed by atoms with Gasteiger partial charge in [-0.05, 0) is 62.0 Å². The number of benzene rings is 7. The lowest BCUT2D eigenvalue weighted by Crippen LogP contribution is -2.74. The topological polar surface area (TPSA) is 37.4 Å². The maximum Gasteiger partial charge on any atom is 0.197 e. The first-order valence-electron chi connectivity index (χ1n) is 16.3. The van der Waals surface area contributed by atoms with Crippen LogP contribution in [0.4, 0.5) is 11.4 Å². The van der Waals surface area contributed by atoms with Crippen LogP contribution in [0.3, 0.4) is 0 Å². The summed E-state index contributed by atoms with van der Waals surface area (Å²) in [7, 11) is -2.93. The van der Waals surface area contributed by atoms with Gasteiger partial charge in [0.2, 0.25) is 0 Å². The van der Waals surface area contributed by atoms with Gasteiger partial charge in [-0.2, -0.15) is 5.26 Å². The molecule has 0 aliphatic rings. The minimum atomic E-state index is -2.93. The Morgan fingerprint density at radius 1 is 0.520 bits per heavy atom. The van der Waals surface area contributed by atoms with Crippen molar-refractivity contribution in [2.45, 2.75) is 0 Å². The van der Waals surface area contributed by atoms with Crippen molar-refractivity contribution in [3.05, 3.63) is 198 Å². The van der Waals surface area contributed by atoms with Crippen LogP contribution in [0.5, 0.6) is 0 Å². The second-order valence-electron chi connectivity index (χ2n) is 12.2. The highest BCUT2D eigenvalue weighted by Gasteiger charge is 2.41. The van der Waals surface area contributed by atoms with E-state index in [1.807, 2.05) is 72.8 Å². The fraction of sp³-hybridized carbons (Fsp3) is 0. The predicted molar refractivity (Wildman–Crippen MR) is 207 cm³/mol. The largest absolute Gasteiger partial charge is 0.310 e. The highest BCUT2D eigenvalue weighted by atomic mass is 28.3. The molecule has 7 aromatic carbocycles. The number of nitriles is 1. The molecule has 0 atom stereocenters. The van der Waals surface area contributed by atoms with Gasteiger partial charge in [-0.25, -0.2) is 9.69 Å². The summed E-state index contributed by atoms with van der Waals surface area (Å²) in [5.74, 6) is 0. The molecule has 5 heteroatoms. The molecular formula is C45H28N4Si. The van der Waals surface area contributed by atoms with E-state index in [0.29, 0.717) is 22.5 Å². The van der Waals surface area contributed by atoms with Crippen LogP contribution in [-0.2, 0) is 0 Å². The van der Waals surface area contributed by atoms with Gasteiger partial charge in [-0.3, -0.25) is 0 Å². The number of aromatic nitrogens is 1. The van der Waals surface area contributed by atoms with E-state index in [2.05, 4.69) is 117 Å². The van der Waals surface area contributed by atoms with Crippen LogP contribution in [0.15, 0.2) is 170 Å². The van der Waals surface area contributed by atoms with Crippen LogP contribution in [-0.4, -0.2) is 12.6 Å². The number of para-hydroxylation sites is 1. The van der Waals surface area contributed by atoms with Gasteiger partial charge >= 0.3 is 0 Å². The molecule has 232 valence electrons. The van der Waals surface area contributed by atoms with Crippen LogP contribution in [0, 0.1) is 24.5 Å². The van der Waals surface area contributed by atoms with E-state index in [4.69, 9.17) is 13.1 Å². The molecule has 0 bridgehead atoms. The molecule has 0 unspecified atom stereocenters. The molecule has 0 amide bonds. The normalized spacial score (nSPS) is 11.1. The molecule has 0 N–H and O–H groups in total. The maximum atomic E-state index is 10.7. The van der Waals surface area contributed by atoms with E-state index in [1.165, 1.54) is 15.6 Å². The molecule has 0 aliphatic carbocycles. The molecule has 8 rings (SSSR count). The van der Waals surface area contributed by atoms with E-state index in [0.717, 1.165) is 38.2 Å². The third-order valence-electron chi connectivity index (χ3n) is 9.63. The van der Waals surface area contributed by atoms with Crippen LogP contribution in [0.2, 0.25) is 0 Å². The van der Waals surface area contributed by atoms with Crippen molar-refractivity contribution in [1.29, 1.82) is 5.26 Å². The summed E-state index contributed by atoms with van der Waals surface area (Å²) in [6.45, 7) is 16.0. The Kier molecular flexibility index (Phi) is 7.63. The molecule has 1 aromatic heterocycles. The lowest BCUT2D eigenvalue weighted by Gasteiger charge is -2.35. The molecule has 50 heavy (non-hydrogen) atoms. The SMILES string of the molecule is [C-]#[N+]c1ccc2c(c1)c1ccccc1n2-c1cccc([N+]#[C-])c1-c1cc([Si](c2ccccc2)(c2ccccc2)c2ccccc2)ccc1C#N. The van der Waals surface area contributed by atoms with Crippen molar-refractivity contribution < 1.29 is 0 Å². The third kappa shape index (κ3) is 4.72. The second kappa shape index (κ2) is 12.6. The van der Waals surface area contributed by atoms with Crippen molar-refractivity contribution in [3.63, 3.8) is 0 Å². The molecule has 8 aromatic rings. The van der Waals surface area contributed by atoms with Crippen LogP contribution in [0.1, 0.15) is 5.56 Å². The number of hydrogen-bond donors (Lipinski definition) is 0. The summed E-state index contributed by atoms with van der Waals surface area (Å²) in [6.07, 6.45) is 0. The van der Waals surface area contributed by atoms with E-state index < -0.39 is 8.07 Å². The minimum absolute atomic E-state index is 0.464. The number of nitrogens with zero attached hydrogens (tertiary/aromatic N) is 4. The molecule has 0 aliphatic heterocycles. The summed E-state index contributed by atoms with van der Waals surface area (Å²) >= 11 is 0. The van der Waals surface area contributed by atoms with Gasteiger partial charge in [0, 0.05) is 16.6 Å². The fourth-order valence-electron chi connectivity index (χ4n) is 7.52. The number of rotatable bonds is 6.